The number of furan rings is 1. The van der Waals surface area contributed by atoms with Gasteiger partial charge in [0, 0.05) is 28.7 Å². The Morgan fingerprint density at radius 3 is 2.43 bits per heavy atom. The molecule has 0 N–H and O–H groups in total. The second-order valence-corrected chi connectivity index (χ2v) is 3.01. The van der Waals surface area contributed by atoms with Crippen LogP contribution in [-0.2, 0) is 0 Å². The molecule has 37 valence electrons. The van der Waals surface area contributed by atoms with Gasteiger partial charge in [0.25, 0.3) is 0 Å². The van der Waals surface area contributed by atoms with Crippen LogP contribution in [0.2, 0.25) is 0 Å². The maximum absolute atomic E-state index is 5.00. The van der Waals surface area contributed by atoms with Crippen LogP contribution < -0.4 is 0 Å². The van der Waals surface area contributed by atoms with E-state index in [0.717, 1.165) is 7.53 Å². The quantitative estimate of drug-likeness (QED) is 0.669. The van der Waals surface area contributed by atoms with Crippen LogP contribution in [0.1, 0.15) is 0 Å². The van der Waals surface area contributed by atoms with Crippen LogP contribution in [0.25, 0.3) is 0 Å². The van der Waals surface area contributed by atoms with E-state index in [-0.39, 0.29) is 0 Å². The first-order chi connectivity index (χ1) is 3.29. The van der Waals surface area contributed by atoms with Crippen molar-refractivity contribution in [1.29, 1.82) is 0 Å². The number of halogens is 2. The predicted octanol–water partition coefficient (Wildman–Crippen LogP) is 2.29. The highest BCUT2D eigenvalue weighted by Gasteiger charge is 1.90. The first-order valence-corrected chi connectivity index (χ1v) is 3.77. The first kappa shape index (κ1) is 5.87. The topological polar surface area (TPSA) is 13.1 Å². The Bertz CT molecular complexity index is 142. The number of hydrogen-bond donors (Lipinski definition) is 0. The SMILES string of the molecule is Ic1[c]cc(I)o1. The molecule has 7 heavy (non-hydrogen) atoms. The van der Waals surface area contributed by atoms with Crippen molar-refractivity contribution in [3.8, 4) is 0 Å². The van der Waals surface area contributed by atoms with Crippen LogP contribution >= 0.6 is 45.2 Å². The van der Waals surface area contributed by atoms with Crippen molar-refractivity contribution in [3.63, 3.8) is 0 Å². The Hall–Kier alpha value is 0.740. The fourth-order valence-electron chi connectivity index (χ4n) is 0.258. The zero-order valence-electron chi connectivity index (χ0n) is 3.24. The van der Waals surface area contributed by atoms with Crippen molar-refractivity contribution in [3.05, 3.63) is 19.7 Å². The van der Waals surface area contributed by atoms with Crippen LogP contribution in [0.4, 0.5) is 0 Å². The van der Waals surface area contributed by atoms with Crippen LogP contribution in [0, 0.1) is 13.6 Å². The van der Waals surface area contributed by atoms with Crippen molar-refractivity contribution < 1.29 is 4.42 Å². The molecular weight excluding hydrogens is 318 g/mol. The van der Waals surface area contributed by atoms with Gasteiger partial charge in [0.1, 0.15) is 0 Å². The lowest BCUT2D eigenvalue weighted by Crippen LogP contribution is -1.50. The number of hydrogen-bond acceptors (Lipinski definition) is 1. The molecule has 0 amide bonds. The predicted molar refractivity (Wildman–Crippen MR) is 43.0 cm³/mol. The summed E-state index contributed by atoms with van der Waals surface area (Å²) in [6, 6.07) is 4.69. The average molecular weight is 319 g/mol. The van der Waals surface area contributed by atoms with E-state index in [0.29, 0.717) is 0 Å². The van der Waals surface area contributed by atoms with Gasteiger partial charge in [-0.15, -0.1) is 0 Å². The van der Waals surface area contributed by atoms with E-state index in [2.05, 4.69) is 51.2 Å². The molecule has 1 nitrogen and oxygen atoms in total. The maximum atomic E-state index is 5.00. The zero-order chi connectivity index (χ0) is 5.28. The lowest BCUT2D eigenvalue weighted by molar-refractivity contribution is 0.510. The van der Waals surface area contributed by atoms with Crippen molar-refractivity contribution in [2.75, 3.05) is 0 Å². The summed E-state index contributed by atoms with van der Waals surface area (Å²) < 4.78 is 6.71. The van der Waals surface area contributed by atoms with Crippen molar-refractivity contribution in [1.82, 2.24) is 0 Å². The van der Waals surface area contributed by atoms with Gasteiger partial charge in [-0.2, -0.15) is 0 Å². The highest BCUT2D eigenvalue weighted by atomic mass is 127. The van der Waals surface area contributed by atoms with Crippen LogP contribution in [0.5, 0.6) is 0 Å². The highest BCUT2D eigenvalue weighted by molar-refractivity contribution is 14.1. The largest absolute Gasteiger partial charge is 0.444 e. The molecule has 0 atom stereocenters. The van der Waals surface area contributed by atoms with E-state index in [1.54, 1.807) is 0 Å². The molecule has 0 aromatic carbocycles. The van der Waals surface area contributed by atoms with Crippen molar-refractivity contribution >= 4 is 45.2 Å². The minimum atomic E-state index is 0.821. The minimum absolute atomic E-state index is 0.821. The third-order valence-corrected chi connectivity index (χ3v) is 1.55. The Morgan fingerprint density at radius 1 is 1.57 bits per heavy atom. The fourth-order valence-corrected chi connectivity index (χ4v) is 1.45. The molecule has 1 aromatic heterocycles. The van der Waals surface area contributed by atoms with Crippen LogP contribution in [0.3, 0.4) is 0 Å². The summed E-state index contributed by atoms with van der Waals surface area (Å²) in [7, 11) is 0. The van der Waals surface area contributed by atoms with E-state index in [1.807, 2.05) is 6.07 Å². The molecule has 0 saturated heterocycles. The van der Waals surface area contributed by atoms with E-state index in [9.17, 15) is 0 Å². The Balaban J connectivity index is 3.04. The van der Waals surface area contributed by atoms with Gasteiger partial charge in [-0.05, 0) is 28.7 Å². The summed E-state index contributed by atoms with van der Waals surface area (Å²) in [4.78, 5) is 0. The van der Waals surface area contributed by atoms with Gasteiger partial charge >= 0.3 is 0 Å². The molecule has 0 aliphatic rings. The second-order valence-electron chi connectivity index (χ2n) is 0.969. The zero-order valence-corrected chi connectivity index (χ0v) is 7.56. The lowest BCUT2D eigenvalue weighted by atomic mass is 10.7. The average Bonchev–Trinajstić information content (AvgIpc) is 1.87. The molecule has 0 aliphatic carbocycles. The summed E-state index contributed by atoms with van der Waals surface area (Å²) in [5, 5.41) is 0. The molecule has 3 heteroatoms. The second kappa shape index (κ2) is 2.34. The summed E-state index contributed by atoms with van der Waals surface area (Å²) >= 11 is 4.17. The minimum Gasteiger partial charge on any atom is -0.444 e. The van der Waals surface area contributed by atoms with Crippen molar-refractivity contribution in [2.24, 2.45) is 0 Å². The van der Waals surface area contributed by atoms with Gasteiger partial charge in [0.2, 0.25) is 0 Å². The van der Waals surface area contributed by atoms with Crippen molar-refractivity contribution in [2.45, 2.75) is 0 Å². The van der Waals surface area contributed by atoms with Crippen LogP contribution in [-0.4, -0.2) is 0 Å². The molecule has 1 heterocycles. The first-order valence-electron chi connectivity index (χ1n) is 1.61. The molecular formula is C4HI2O. The van der Waals surface area contributed by atoms with Gasteiger partial charge in [0.15, 0.2) is 7.53 Å². The van der Waals surface area contributed by atoms with E-state index in [1.165, 1.54) is 0 Å². The molecule has 0 aliphatic heterocycles. The van der Waals surface area contributed by atoms with Gasteiger partial charge in [-0.25, -0.2) is 0 Å². The Kier molecular flexibility index (Phi) is 1.96. The molecule has 0 unspecified atom stereocenters. The van der Waals surface area contributed by atoms with E-state index >= 15 is 0 Å². The molecule has 1 rings (SSSR count). The monoisotopic (exact) mass is 319 g/mol. The lowest BCUT2D eigenvalue weighted by Gasteiger charge is -1.72. The Labute approximate surface area is 68.7 Å². The smallest absolute Gasteiger partial charge is 0.173 e. The standard InChI is InChI=1S/C4HI2O/c5-3-1-2-4(6)7-3/h1H. The third kappa shape index (κ3) is 1.60. The fraction of sp³-hybridized carbons (Fsp3) is 0. The van der Waals surface area contributed by atoms with Gasteiger partial charge < -0.3 is 4.42 Å². The molecule has 0 bridgehead atoms. The molecule has 0 fully saturated rings. The Morgan fingerprint density at radius 2 is 2.29 bits per heavy atom. The summed E-state index contributed by atoms with van der Waals surface area (Å²) in [5.41, 5.74) is 0. The summed E-state index contributed by atoms with van der Waals surface area (Å²) in [6.45, 7) is 0. The summed E-state index contributed by atoms with van der Waals surface area (Å²) in [5.74, 6) is 0. The number of rotatable bonds is 0. The molecule has 0 saturated carbocycles. The maximum Gasteiger partial charge on any atom is 0.173 e. The van der Waals surface area contributed by atoms with E-state index in [4.69, 9.17) is 4.42 Å². The molecule has 0 spiro atoms. The van der Waals surface area contributed by atoms with E-state index < -0.39 is 0 Å². The highest BCUT2D eigenvalue weighted by Crippen LogP contribution is 2.10. The van der Waals surface area contributed by atoms with Gasteiger partial charge in [-0.1, -0.05) is 0 Å². The van der Waals surface area contributed by atoms with Gasteiger partial charge in [-0.3, -0.25) is 0 Å². The third-order valence-electron chi connectivity index (χ3n) is 0.486. The summed E-state index contributed by atoms with van der Waals surface area (Å²) in [6.07, 6.45) is 0. The van der Waals surface area contributed by atoms with Gasteiger partial charge in [0.05, 0.1) is 0 Å². The normalized spacial score (nSPS) is 9.43. The molecule has 1 radical (unpaired) electrons. The van der Waals surface area contributed by atoms with Crippen LogP contribution in [0.15, 0.2) is 10.5 Å². The molecule has 1 aromatic rings.